The standard InChI is InChI=1S/C18H22BrN5O5/c1-29-18(28)22-12-6-7-15(25)23-8-2-3-14(24(23)17(12)27)16(26)21-13-9-10(19)4-5-11(13)20/h4-5,9,12,14H,2-3,6-8,20H2,1H3,(H,21,26)(H,22,28)/t12-,14-/m0/s1. The Morgan fingerprint density at radius 1 is 1.28 bits per heavy atom. The lowest BCUT2D eigenvalue weighted by Gasteiger charge is -2.42. The van der Waals surface area contributed by atoms with Crippen LogP contribution in [-0.4, -0.2) is 59.6 Å². The summed E-state index contributed by atoms with van der Waals surface area (Å²) >= 11 is 3.33. The molecular weight excluding hydrogens is 446 g/mol. The van der Waals surface area contributed by atoms with Crippen LogP contribution in [-0.2, 0) is 19.1 Å². The molecule has 2 atom stereocenters. The molecule has 2 aliphatic rings. The first-order valence-corrected chi connectivity index (χ1v) is 9.95. The molecule has 0 unspecified atom stereocenters. The van der Waals surface area contributed by atoms with Gasteiger partial charge in [0.05, 0.1) is 18.5 Å². The summed E-state index contributed by atoms with van der Waals surface area (Å²) in [5.41, 5.74) is 6.70. The van der Waals surface area contributed by atoms with E-state index in [1.165, 1.54) is 17.1 Å². The number of nitrogen functional groups attached to an aromatic ring is 1. The van der Waals surface area contributed by atoms with Gasteiger partial charge >= 0.3 is 6.09 Å². The van der Waals surface area contributed by atoms with Crippen molar-refractivity contribution < 1.29 is 23.9 Å². The van der Waals surface area contributed by atoms with Gasteiger partial charge < -0.3 is 21.1 Å². The van der Waals surface area contributed by atoms with Crippen LogP contribution in [0.5, 0.6) is 0 Å². The summed E-state index contributed by atoms with van der Waals surface area (Å²) in [6.45, 7) is 0.332. The Morgan fingerprint density at radius 3 is 2.76 bits per heavy atom. The number of halogens is 1. The minimum absolute atomic E-state index is 0.0732. The van der Waals surface area contributed by atoms with E-state index < -0.39 is 30.0 Å². The van der Waals surface area contributed by atoms with Gasteiger partial charge in [0, 0.05) is 17.4 Å². The van der Waals surface area contributed by atoms with Crippen molar-refractivity contribution in [1.82, 2.24) is 15.3 Å². The van der Waals surface area contributed by atoms with Gasteiger partial charge in [0.1, 0.15) is 12.1 Å². The second kappa shape index (κ2) is 8.68. The first kappa shape index (κ1) is 20.9. The monoisotopic (exact) mass is 467 g/mol. The lowest BCUT2D eigenvalue weighted by molar-refractivity contribution is -0.174. The van der Waals surface area contributed by atoms with Crippen LogP contribution in [0.25, 0.3) is 0 Å². The Kier molecular flexibility index (Phi) is 6.26. The van der Waals surface area contributed by atoms with Crippen molar-refractivity contribution in [2.75, 3.05) is 24.7 Å². The largest absolute Gasteiger partial charge is 0.453 e. The molecule has 0 saturated carbocycles. The van der Waals surface area contributed by atoms with Crippen molar-refractivity contribution >= 4 is 51.1 Å². The molecule has 4 N–H and O–H groups in total. The Morgan fingerprint density at radius 2 is 2.03 bits per heavy atom. The maximum atomic E-state index is 13.1. The van der Waals surface area contributed by atoms with Crippen LogP contribution in [0.15, 0.2) is 22.7 Å². The minimum Gasteiger partial charge on any atom is -0.453 e. The van der Waals surface area contributed by atoms with Crippen LogP contribution in [0.2, 0.25) is 0 Å². The fraction of sp³-hybridized carbons (Fsp3) is 0.444. The summed E-state index contributed by atoms with van der Waals surface area (Å²) < 4.78 is 5.30. The first-order chi connectivity index (χ1) is 13.8. The predicted octanol–water partition coefficient (Wildman–Crippen LogP) is 1.22. The van der Waals surface area contributed by atoms with E-state index in [-0.39, 0.29) is 18.7 Å². The number of carbonyl (C=O) groups excluding carboxylic acids is 4. The van der Waals surface area contributed by atoms with Gasteiger partial charge in [0.25, 0.3) is 5.91 Å². The zero-order chi connectivity index (χ0) is 21.1. The van der Waals surface area contributed by atoms with Crippen molar-refractivity contribution in [2.45, 2.75) is 37.8 Å². The highest BCUT2D eigenvalue weighted by Crippen LogP contribution is 2.28. The number of alkyl carbamates (subject to hydrolysis) is 1. The third-order valence-corrected chi connectivity index (χ3v) is 5.41. The molecule has 2 saturated heterocycles. The summed E-state index contributed by atoms with van der Waals surface area (Å²) in [4.78, 5) is 50.3. The Balaban J connectivity index is 1.86. The van der Waals surface area contributed by atoms with E-state index in [1.54, 1.807) is 18.2 Å². The summed E-state index contributed by atoms with van der Waals surface area (Å²) in [5.74, 6) is -1.25. The number of methoxy groups -OCH3 is 1. The number of nitrogens with one attached hydrogen (secondary N) is 2. The van der Waals surface area contributed by atoms with Crippen LogP contribution in [0.4, 0.5) is 16.2 Å². The average Bonchev–Trinajstić information content (AvgIpc) is 2.82. The molecule has 0 aliphatic carbocycles. The topological polar surface area (TPSA) is 134 Å². The molecule has 1 aromatic rings. The number of rotatable bonds is 3. The predicted molar refractivity (Wildman–Crippen MR) is 107 cm³/mol. The molecular formula is C18H22BrN5O5. The number of benzene rings is 1. The second-order valence-corrected chi connectivity index (χ2v) is 7.72. The summed E-state index contributed by atoms with van der Waals surface area (Å²) in [5, 5.41) is 7.66. The smallest absolute Gasteiger partial charge is 0.407 e. The number of nitrogens with zero attached hydrogens (tertiary/aromatic N) is 2. The number of amides is 4. The molecule has 4 amide bonds. The Bertz CT molecular complexity index is 848. The number of fused-ring (bicyclic) bond motifs is 1. The number of hydrogen-bond acceptors (Lipinski definition) is 6. The fourth-order valence-corrected chi connectivity index (χ4v) is 3.82. The number of carbonyl (C=O) groups is 4. The summed E-state index contributed by atoms with van der Waals surface area (Å²) in [7, 11) is 1.19. The zero-order valence-corrected chi connectivity index (χ0v) is 17.4. The number of anilines is 2. The van der Waals surface area contributed by atoms with Crippen LogP contribution in [0.3, 0.4) is 0 Å². The molecule has 10 nitrogen and oxygen atoms in total. The normalized spacial score (nSPS) is 21.9. The van der Waals surface area contributed by atoms with Gasteiger partial charge in [-0.25, -0.2) is 9.80 Å². The van der Waals surface area contributed by atoms with E-state index in [1.807, 2.05) is 0 Å². The van der Waals surface area contributed by atoms with Crippen LogP contribution >= 0.6 is 15.9 Å². The van der Waals surface area contributed by atoms with E-state index in [9.17, 15) is 19.2 Å². The third kappa shape index (κ3) is 4.44. The van der Waals surface area contributed by atoms with Crippen molar-refractivity contribution in [3.8, 4) is 0 Å². The molecule has 156 valence electrons. The number of ether oxygens (including phenoxy) is 1. The van der Waals surface area contributed by atoms with E-state index in [0.717, 1.165) is 4.47 Å². The molecule has 0 bridgehead atoms. The first-order valence-electron chi connectivity index (χ1n) is 9.15. The number of nitrogens with two attached hydrogens (primary N) is 1. The Hall–Kier alpha value is -2.82. The molecule has 3 rings (SSSR count). The van der Waals surface area contributed by atoms with Gasteiger partial charge in [-0.3, -0.25) is 19.4 Å². The maximum absolute atomic E-state index is 13.1. The summed E-state index contributed by atoms with van der Waals surface area (Å²) in [6.07, 6.45) is 0.372. The molecule has 0 aromatic heterocycles. The van der Waals surface area contributed by atoms with Gasteiger partial charge in [-0.15, -0.1) is 0 Å². The minimum atomic E-state index is -0.958. The maximum Gasteiger partial charge on any atom is 0.407 e. The highest BCUT2D eigenvalue weighted by Gasteiger charge is 2.44. The fourth-order valence-electron chi connectivity index (χ4n) is 3.46. The lowest BCUT2D eigenvalue weighted by atomic mass is 10.1. The SMILES string of the molecule is COC(=O)N[C@H]1CCC(=O)N2CCC[C@@H](C(=O)Nc3cc(Br)ccc3N)N2C1=O. The van der Waals surface area contributed by atoms with Crippen LogP contribution < -0.4 is 16.4 Å². The molecule has 0 spiro atoms. The quantitative estimate of drug-likeness (QED) is 0.572. The second-order valence-electron chi connectivity index (χ2n) is 6.81. The number of hydrazine groups is 1. The van der Waals surface area contributed by atoms with Crippen molar-refractivity contribution in [3.63, 3.8) is 0 Å². The van der Waals surface area contributed by atoms with Gasteiger partial charge in [-0.1, -0.05) is 15.9 Å². The van der Waals surface area contributed by atoms with Crippen molar-refractivity contribution in [1.29, 1.82) is 0 Å². The molecule has 1 aromatic carbocycles. The van der Waals surface area contributed by atoms with Gasteiger partial charge in [-0.05, 0) is 37.5 Å². The molecule has 0 radical (unpaired) electrons. The zero-order valence-electron chi connectivity index (χ0n) is 15.8. The molecule has 29 heavy (non-hydrogen) atoms. The highest BCUT2D eigenvalue weighted by atomic mass is 79.9. The number of hydrogen-bond donors (Lipinski definition) is 3. The molecule has 2 aliphatic heterocycles. The third-order valence-electron chi connectivity index (χ3n) is 4.91. The van der Waals surface area contributed by atoms with Crippen molar-refractivity contribution in [3.05, 3.63) is 22.7 Å². The van der Waals surface area contributed by atoms with E-state index >= 15 is 0 Å². The molecule has 2 heterocycles. The van der Waals surface area contributed by atoms with Gasteiger partial charge in [0.15, 0.2) is 0 Å². The van der Waals surface area contributed by atoms with Gasteiger partial charge in [0.2, 0.25) is 11.8 Å². The van der Waals surface area contributed by atoms with E-state index in [0.29, 0.717) is 30.8 Å². The Labute approximate surface area is 175 Å². The van der Waals surface area contributed by atoms with Crippen molar-refractivity contribution in [2.24, 2.45) is 0 Å². The summed E-state index contributed by atoms with van der Waals surface area (Å²) in [6, 6.07) is 3.18. The van der Waals surface area contributed by atoms with Crippen LogP contribution in [0.1, 0.15) is 25.7 Å². The van der Waals surface area contributed by atoms with E-state index in [2.05, 4.69) is 31.3 Å². The van der Waals surface area contributed by atoms with E-state index in [4.69, 9.17) is 5.73 Å². The molecule has 2 fully saturated rings. The van der Waals surface area contributed by atoms with Crippen LogP contribution in [0, 0.1) is 0 Å². The van der Waals surface area contributed by atoms with Gasteiger partial charge in [-0.2, -0.15) is 0 Å². The average molecular weight is 468 g/mol. The lowest BCUT2D eigenvalue weighted by Crippen LogP contribution is -2.63. The molecule has 11 heteroatoms. The highest BCUT2D eigenvalue weighted by molar-refractivity contribution is 9.10.